The summed E-state index contributed by atoms with van der Waals surface area (Å²) in [5.41, 5.74) is -0.473. The summed E-state index contributed by atoms with van der Waals surface area (Å²) in [5, 5.41) is 16.8. The van der Waals surface area contributed by atoms with E-state index >= 15 is 0 Å². The van der Waals surface area contributed by atoms with Gasteiger partial charge in [-0.2, -0.15) is 0 Å². The van der Waals surface area contributed by atoms with Crippen LogP contribution >= 0.6 is 11.8 Å². The van der Waals surface area contributed by atoms with Crippen LogP contribution in [0.25, 0.3) is 0 Å². The van der Waals surface area contributed by atoms with Crippen LogP contribution in [-0.4, -0.2) is 26.1 Å². The van der Waals surface area contributed by atoms with Crippen molar-refractivity contribution in [1.82, 2.24) is 14.8 Å². The molecule has 0 saturated carbocycles. The molecule has 5 nitrogen and oxygen atoms in total. The predicted octanol–water partition coefficient (Wildman–Crippen LogP) is 1.04. The van der Waals surface area contributed by atoms with Gasteiger partial charge in [-0.05, 0) is 19.6 Å². The first-order valence-corrected chi connectivity index (χ1v) is 5.56. The van der Waals surface area contributed by atoms with Crippen LogP contribution in [0, 0.1) is 0 Å². The largest absolute Gasteiger partial charge is 0.488 e. The highest BCUT2D eigenvalue weighted by molar-refractivity contribution is 7.98. The minimum absolute atomic E-state index is 0.0198. The Labute approximate surface area is 86.2 Å². The van der Waals surface area contributed by atoms with Crippen molar-refractivity contribution in [2.45, 2.75) is 31.5 Å². The molecule has 0 amide bonds. The van der Waals surface area contributed by atoms with Crippen molar-refractivity contribution in [3.05, 3.63) is 10.4 Å². The highest BCUT2D eigenvalue weighted by Gasteiger charge is 2.14. The van der Waals surface area contributed by atoms with Crippen LogP contribution in [0.4, 0.5) is 0 Å². The summed E-state index contributed by atoms with van der Waals surface area (Å²) in [4.78, 5) is 11.5. The van der Waals surface area contributed by atoms with Crippen LogP contribution in [0.3, 0.4) is 0 Å². The summed E-state index contributed by atoms with van der Waals surface area (Å²) in [7, 11) is 0. The van der Waals surface area contributed by atoms with Gasteiger partial charge in [-0.15, -0.1) is 10.2 Å². The maximum atomic E-state index is 11.5. The smallest absolute Gasteiger partial charge is 0.317 e. The molecule has 14 heavy (non-hydrogen) atoms. The van der Waals surface area contributed by atoms with E-state index in [4.69, 9.17) is 5.11 Å². The van der Waals surface area contributed by atoms with Gasteiger partial charge < -0.3 is 5.11 Å². The average molecular weight is 215 g/mol. The molecule has 0 saturated heterocycles. The Morgan fingerprint density at radius 3 is 2.71 bits per heavy atom. The third-order valence-electron chi connectivity index (χ3n) is 2.06. The second-order valence-corrected chi connectivity index (χ2v) is 3.72. The van der Waals surface area contributed by atoms with Crippen LogP contribution in [0.5, 0.6) is 5.88 Å². The molecule has 1 heterocycles. The molecule has 0 aliphatic rings. The molecule has 1 N–H and O–H groups in total. The van der Waals surface area contributed by atoms with Crippen molar-refractivity contribution in [3.63, 3.8) is 0 Å². The molecule has 1 aromatic rings. The van der Waals surface area contributed by atoms with E-state index in [1.54, 1.807) is 0 Å². The third-order valence-corrected chi connectivity index (χ3v) is 2.70. The Bertz CT molecular complexity index is 377. The standard InChI is InChI=1S/C8H13N3O2S/c1-4-5(2)11-7(13)6(12)9-10-8(11)14-3/h5H,4H2,1-3H3,(H,9,12). The minimum atomic E-state index is -0.539. The summed E-state index contributed by atoms with van der Waals surface area (Å²) >= 11 is 1.34. The highest BCUT2D eigenvalue weighted by atomic mass is 32.2. The van der Waals surface area contributed by atoms with Gasteiger partial charge in [0.1, 0.15) is 0 Å². The van der Waals surface area contributed by atoms with Crippen molar-refractivity contribution in [2.24, 2.45) is 0 Å². The molecule has 0 aliphatic heterocycles. The second kappa shape index (κ2) is 4.45. The molecule has 0 bridgehead atoms. The lowest BCUT2D eigenvalue weighted by atomic mass is 10.2. The van der Waals surface area contributed by atoms with Gasteiger partial charge in [0, 0.05) is 6.04 Å². The van der Waals surface area contributed by atoms with Crippen molar-refractivity contribution < 1.29 is 5.11 Å². The fraction of sp³-hybridized carbons (Fsp3) is 0.625. The molecule has 78 valence electrons. The van der Waals surface area contributed by atoms with Gasteiger partial charge in [-0.3, -0.25) is 9.36 Å². The van der Waals surface area contributed by atoms with Crippen LogP contribution in [0.2, 0.25) is 0 Å². The fourth-order valence-electron chi connectivity index (χ4n) is 1.09. The minimum Gasteiger partial charge on any atom is -0.488 e. The van der Waals surface area contributed by atoms with Crippen LogP contribution in [0.1, 0.15) is 26.3 Å². The van der Waals surface area contributed by atoms with Gasteiger partial charge in [0.25, 0.3) is 5.88 Å². The maximum Gasteiger partial charge on any atom is 0.317 e. The van der Waals surface area contributed by atoms with E-state index in [0.29, 0.717) is 5.16 Å². The normalized spacial score (nSPS) is 12.8. The molecule has 1 aromatic heterocycles. The summed E-state index contributed by atoms with van der Waals surface area (Å²) < 4.78 is 1.47. The molecule has 0 radical (unpaired) electrons. The van der Waals surface area contributed by atoms with E-state index in [0.717, 1.165) is 6.42 Å². The zero-order valence-corrected chi connectivity index (χ0v) is 9.21. The number of nitrogens with zero attached hydrogens (tertiary/aromatic N) is 3. The van der Waals surface area contributed by atoms with E-state index in [-0.39, 0.29) is 6.04 Å². The lowest BCUT2D eigenvalue weighted by molar-refractivity contribution is 0.382. The van der Waals surface area contributed by atoms with Crippen molar-refractivity contribution in [2.75, 3.05) is 6.26 Å². The molecule has 1 atom stereocenters. The Hall–Kier alpha value is -1.04. The van der Waals surface area contributed by atoms with E-state index in [2.05, 4.69) is 10.2 Å². The Balaban J connectivity index is 3.35. The lowest BCUT2D eigenvalue weighted by Gasteiger charge is -2.14. The Morgan fingerprint density at radius 1 is 1.57 bits per heavy atom. The summed E-state index contributed by atoms with van der Waals surface area (Å²) in [5.74, 6) is -0.539. The van der Waals surface area contributed by atoms with Crippen LogP contribution in [0.15, 0.2) is 9.95 Å². The summed E-state index contributed by atoms with van der Waals surface area (Å²) in [6, 6.07) is 0.0198. The molecule has 0 fully saturated rings. The quantitative estimate of drug-likeness (QED) is 0.763. The number of rotatable bonds is 3. The number of hydrogen-bond acceptors (Lipinski definition) is 5. The topological polar surface area (TPSA) is 68.0 Å². The SMILES string of the molecule is CCC(C)n1c(SC)nnc(O)c1=O. The van der Waals surface area contributed by atoms with Crippen LogP contribution in [-0.2, 0) is 0 Å². The van der Waals surface area contributed by atoms with Crippen LogP contribution < -0.4 is 5.56 Å². The summed E-state index contributed by atoms with van der Waals surface area (Å²) in [6.07, 6.45) is 2.62. The van der Waals surface area contributed by atoms with Gasteiger partial charge in [0.15, 0.2) is 5.16 Å². The van der Waals surface area contributed by atoms with E-state index in [1.807, 2.05) is 20.1 Å². The van der Waals surface area contributed by atoms with E-state index < -0.39 is 11.4 Å². The molecule has 0 aromatic carbocycles. The molecular weight excluding hydrogens is 202 g/mol. The van der Waals surface area contributed by atoms with Crippen molar-refractivity contribution in [1.29, 1.82) is 0 Å². The zero-order valence-electron chi connectivity index (χ0n) is 8.39. The molecule has 6 heteroatoms. The fourth-order valence-corrected chi connectivity index (χ4v) is 1.67. The van der Waals surface area contributed by atoms with E-state index in [9.17, 15) is 4.79 Å². The van der Waals surface area contributed by atoms with Gasteiger partial charge in [-0.25, -0.2) is 0 Å². The maximum absolute atomic E-state index is 11.5. The van der Waals surface area contributed by atoms with Crippen molar-refractivity contribution >= 4 is 11.8 Å². The van der Waals surface area contributed by atoms with E-state index in [1.165, 1.54) is 16.3 Å². The average Bonchev–Trinajstić information content (AvgIpc) is 2.20. The molecule has 1 unspecified atom stereocenters. The second-order valence-electron chi connectivity index (χ2n) is 2.94. The number of aromatic hydroxyl groups is 1. The molecule has 1 rings (SSSR count). The highest BCUT2D eigenvalue weighted by Crippen LogP contribution is 2.16. The zero-order chi connectivity index (χ0) is 10.7. The number of aromatic nitrogens is 3. The van der Waals surface area contributed by atoms with Gasteiger partial charge in [-0.1, -0.05) is 18.7 Å². The first-order chi connectivity index (χ1) is 6.61. The Kier molecular flexibility index (Phi) is 3.51. The van der Waals surface area contributed by atoms with Gasteiger partial charge >= 0.3 is 5.56 Å². The number of thioether (sulfide) groups is 1. The van der Waals surface area contributed by atoms with Crippen molar-refractivity contribution in [3.8, 4) is 5.88 Å². The molecule has 0 spiro atoms. The van der Waals surface area contributed by atoms with Gasteiger partial charge in [0.2, 0.25) is 0 Å². The summed E-state index contributed by atoms with van der Waals surface area (Å²) in [6.45, 7) is 3.88. The lowest BCUT2D eigenvalue weighted by Crippen LogP contribution is -2.26. The molecule has 0 aliphatic carbocycles. The number of hydrogen-bond donors (Lipinski definition) is 1. The third kappa shape index (κ3) is 1.89. The monoisotopic (exact) mass is 215 g/mol. The van der Waals surface area contributed by atoms with Gasteiger partial charge in [0.05, 0.1) is 0 Å². The first-order valence-electron chi connectivity index (χ1n) is 4.34. The Morgan fingerprint density at radius 2 is 2.21 bits per heavy atom. The molecular formula is C8H13N3O2S. The first kappa shape index (κ1) is 11.0. The predicted molar refractivity (Wildman–Crippen MR) is 54.7 cm³/mol.